The third-order valence-electron chi connectivity index (χ3n) is 3.71. The van der Waals surface area contributed by atoms with Crippen LogP contribution in [0.1, 0.15) is 36.6 Å². The van der Waals surface area contributed by atoms with E-state index >= 15 is 0 Å². The highest BCUT2D eigenvalue weighted by Crippen LogP contribution is 2.24. The van der Waals surface area contributed by atoms with E-state index in [4.69, 9.17) is 18.0 Å². The quantitative estimate of drug-likeness (QED) is 0.769. The van der Waals surface area contributed by atoms with E-state index in [9.17, 15) is 8.42 Å². The summed E-state index contributed by atoms with van der Waals surface area (Å²) in [4.78, 5) is 4.90. The van der Waals surface area contributed by atoms with Gasteiger partial charge in [-0.2, -0.15) is 0 Å². The SMILES string of the molecule is CCS(=O)(=O)CCNc1nc2c(cc1C(N)=S)CCCC2. The average Bonchev–Trinajstić information content (AvgIpc) is 2.46. The molecule has 0 spiro atoms. The van der Waals surface area contributed by atoms with Gasteiger partial charge < -0.3 is 11.1 Å². The van der Waals surface area contributed by atoms with Crippen molar-refractivity contribution in [1.29, 1.82) is 0 Å². The highest BCUT2D eigenvalue weighted by atomic mass is 32.2. The smallest absolute Gasteiger partial charge is 0.151 e. The number of nitrogens with two attached hydrogens (primary N) is 1. The molecule has 2 rings (SSSR count). The molecule has 0 aliphatic heterocycles. The van der Waals surface area contributed by atoms with Crippen LogP contribution in [0.2, 0.25) is 0 Å². The van der Waals surface area contributed by atoms with Gasteiger partial charge in [-0.25, -0.2) is 13.4 Å². The Hall–Kier alpha value is -1.21. The topological polar surface area (TPSA) is 85.1 Å². The number of hydrogen-bond donors (Lipinski definition) is 2. The fraction of sp³-hybridized carbons (Fsp3) is 0.571. The molecule has 21 heavy (non-hydrogen) atoms. The van der Waals surface area contributed by atoms with E-state index in [2.05, 4.69) is 10.3 Å². The predicted molar refractivity (Wildman–Crippen MR) is 89.6 cm³/mol. The Balaban J connectivity index is 2.19. The van der Waals surface area contributed by atoms with Gasteiger partial charge in [-0.05, 0) is 37.3 Å². The second kappa shape index (κ2) is 6.70. The van der Waals surface area contributed by atoms with Crippen molar-refractivity contribution >= 4 is 32.9 Å². The number of nitrogens with one attached hydrogen (secondary N) is 1. The summed E-state index contributed by atoms with van der Waals surface area (Å²) in [5.74, 6) is 0.836. The normalized spacial score (nSPS) is 14.5. The van der Waals surface area contributed by atoms with Crippen molar-refractivity contribution in [2.75, 3.05) is 23.4 Å². The van der Waals surface area contributed by atoms with Crippen LogP contribution in [0.5, 0.6) is 0 Å². The van der Waals surface area contributed by atoms with E-state index < -0.39 is 9.84 Å². The molecule has 1 aromatic heterocycles. The van der Waals surface area contributed by atoms with Crippen LogP contribution in [0.4, 0.5) is 5.82 Å². The van der Waals surface area contributed by atoms with Crippen LogP contribution < -0.4 is 11.1 Å². The first kappa shape index (κ1) is 16.2. The Morgan fingerprint density at radius 1 is 1.43 bits per heavy atom. The van der Waals surface area contributed by atoms with Crippen molar-refractivity contribution in [3.05, 3.63) is 22.9 Å². The fourth-order valence-electron chi connectivity index (χ4n) is 2.43. The van der Waals surface area contributed by atoms with E-state index in [0.29, 0.717) is 17.9 Å². The molecule has 1 aliphatic rings. The molecule has 116 valence electrons. The van der Waals surface area contributed by atoms with Gasteiger partial charge >= 0.3 is 0 Å². The van der Waals surface area contributed by atoms with Gasteiger partial charge in [-0.3, -0.25) is 0 Å². The molecular formula is C14H21N3O2S2. The average molecular weight is 327 g/mol. The molecule has 0 fully saturated rings. The maximum absolute atomic E-state index is 11.5. The van der Waals surface area contributed by atoms with E-state index in [0.717, 1.165) is 31.4 Å². The van der Waals surface area contributed by atoms with Gasteiger partial charge in [0.05, 0.1) is 11.3 Å². The molecule has 7 heteroatoms. The number of hydrogen-bond acceptors (Lipinski definition) is 5. The maximum Gasteiger partial charge on any atom is 0.151 e. The number of aromatic nitrogens is 1. The largest absolute Gasteiger partial charge is 0.389 e. The zero-order valence-corrected chi connectivity index (χ0v) is 13.8. The number of thiocarbonyl (C=S) groups is 1. The van der Waals surface area contributed by atoms with E-state index in [1.165, 1.54) is 5.56 Å². The summed E-state index contributed by atoms with van der Waals surface area (Å²) in [7, 11) is -2.99. The molecule has 0 atom stereocenters. The van der Waals surface area contributed by atoms with Crippen LogP contribution >= 0.6 is 12.2 Å². The van der Waals surface area contributed by atoms with Gasteiger partial charge in [0, 0.05) is 18.0 Å². The van der Waals surface area contributed by atoms with Crippen molar-refractivity contribution < 1.29 is 8.42 Å². The van der Waals surface area contributed by atoms with E-state index in [1.54, 1.807) is 6.92 Å². The molecule has 1 heterocycles. The molecule has 1 aromatic rings. The molecule has 0 aromatic carbocycles. The zero-order chi connectivity index (χ0) is 15.5. The van der Waals surface area contributed by atoms with Crippen molar-refractivity contribution in [2.24, 2.45) is 5.73 Å². The number of fused-ring (bicyclic) bond motifs is 1. The summed E-state index contributed by atoms with van der Waals surface area (Å²) < 4.78 is 23.1. The van der Waals surface area contributed by atoms with Gasteiger partial charge in [0.1, 0.15) is 10.8 Å². The molecular weight excluding hydrogens is 306 g/mol. The van der Waals surface area contributed by atoms with Gasteiger partial charge in [0.2, 0.25) is 0 Å². The van der Waals surface area contributed by atoms with Crippen molar-refractivity contribution in [3.63, 3.8) is 0 Å². The van der Waals surface area contributed by atoms with Crippen molar-refractivity contribution in [2.45, 2.75) is 32.6 Å². The zero-order valence-electron chi connectivity index (χ0n) is 12.2. The lowest BCUT2D eigenvalue weighted by molar-refractivity contribution is 0.597. The molecule has 0 saturated carbocycles. The number of nitrogens with zero attached hydrogens (tertiary/aromatic N) is 1. The number of pyridine rings is 1. The Morgan fingerprint density at radius 2 is 2.14 bits per heavy atom. The lowest BCUT2D eigenvalue weighted by atomic mass is 9.94. The molecule has 0 bridgehead atoms. The summed E-state index contributed by atoms with van der Waals surface area (Å²) in [5, 5.41) is 3.08. The minimum absolute atomic E-state index is 0.0824. The minimum atomic E-state index is -2.99. The second-order valence-corrected chi connectivity index (χ2v) is 8.14. The van der Waals surface area contributed by atoms with Crippen molar-refractivity contribution in [1.82, 2.24) is 4.98 Å². The third kappa shape index (κ3) is 4.14. The van der Waals surface area contributed by atoms with Gasteiger partial charge in [0.15, 0.2) is 9.84 Å². The number of sulfone groups is 1. The van der Waals surface area contributed by atoms with Crippen molar-refractivity contribution in [3.8, 4) is 0 Å². The van der Waals surface area contributed by atoms with Gasteiger partial charge in [-0.1, -0.05) is 19.1 Å². The Morgan fingerprint density at radius 3 is 2.81 bits per heavy atom. The van der Waals surface area contributed by atoms with Gasteiger partial charge in [0.25, 0.3) is 0 Å². The molecule has 0 saturated heterocycles. The van der Waals surface area contributed by atoms with Gasteiger partial charge in [-0.15, -0.1) is 0 Å². The first-order chi connectivity index (χ1) is 9.93. The maximum atomic E-state index is 11.5. The standard InChI is InChI=1S/C14H21N3O2S2/c1-2-21(18,19)8-7-16-14-11(13(15)20)9-10-5-3-4-6-12(10)17-14/h9H,2-8H2,1H3,(H2,15,20)(H,16,17). The summed E-state index contributed by atoms with van der Waals surface area (Å²) in [5.41, 5.74) is 8.75. The molecule has 0 amide bonds. The first-order valence-corrected chi connectivity index (χ1v) is 9.43. The van der Waals surface area contributed by atoms with E-state index in [-0.39, 0.29) is 16.5 Å². The van der Waals surface area contributed by atoms with Crippen LogP contribution in [-0.4, -0.2) is 36.4 Å². The number of rotatable bonds is 6. The van der Waals surface area contributed by atoms with Crippen LogP contribution in [0.15, 0.2) is 6.07 Å². The first-order valence-electron chi connectivity index (χ1n) is 7.20. The van der Waals surface area contributed by atoms with Crippen LogP contribution in [0.25, 0.3) is 0 Å². The monoisotopic (exact) mass is 327 g/mol. The highest BCUT2D eigenvalue weighted by Gasteiger charge is 2.17. The van der Waals surface area contributed by atoms with Crippen LogP contribution in [-0.2, 0) is 22.7 Å². The molecule has 1 aliphatic carbocycles. The molecule has 0 unspecified atom stereocenters. The number of aryl methyl sites for hydroxylation is 2. The minimum Gasteiger partial charge on any atom is -0.389 e. The highest BCUT2D eigenvalue weighted by molar-refractivity contribution is 7.91. The summed E-state index contributed by atoms with van der Waals surface area (Å²) in [6.45, 7) is 1.96. The van der Waals surface area contributed by atoms with Crippen LogP contribution in [0, 0.1) is 0 Å². The molecule has 5 nitrogen and oxygen atoms in total. The third-order valence-corrected chi connectivity index (χ3v) is 5.64. The summed E-state index contributed by atoms with van der Waals surface area (Å²) in [6, 6.07) is 2.00. The summed E-state index contributed by atoms with van der Waals surface area (Å²) in [6.07, 6.45) is 4.25. The number of anilines is 1. The molecule has 0 radical (unpaired) electrons. The Kier molecular flexibility index (Phi) is 5.16. The molecule has 3 N–H and O–H groups in total. The lowest BCUT2D eigenvalue weighted by Crippen LogP contribution is -2.22. The fourth-order valence-corrected chi connectivity index (χ4v) is 3.28. The lowest BCUT2D eigenvalue weighted by Gasteiger charge is -2.19. The summed E-state index contributed by atoms with van der Waals surface area (Å²) >= 11 is 5.08. The predicted octanol–water partition coefficient (Wildman–Crippen LogP) is 1.44. The Labute approximate surface area is 131 Å². The second-order valence-electron chi connectivity index (χ2n) is 5.22. The Bertz CT molecular complexity index is 642. The van der Waals surface area contributed by atoms with E-state index in [1.807, 2.05) is 6.07 Å². The van der Waals surface area contributed by atoms with Crippen LogP contribution in [0.3, 0.4) is 0 Å².